The minimum absolute atomic E-state index is 0.893. The average molecular weight is 715 g/mol. The minimum Gasteiger partial charge on any atom is -0.399 e. The molecule has 0 radical (unpaired) electrons. The van der Waals surface area contributed by atoms with Crippen molar-refractivity contribution in [1.82, 2.24) is 0 Å². The zero-order chi connectivity index (χ0) is 37.4. The van der Waals surface area contributed by atoms with E-state index in [0.717, 1.165) is 37.1 Å². The minimum atomic E-state index is 0.893. The molecule has 0 spiro atoms. The van der Waals surface area contributed by atoms with Crippen LogP contribution in [0.2, 0.25) is 0 Å². The second-order valence-electron chi connectivity index (χ2n) is 16.1. The number of aryl methyl sites for hydroxylation is 4. The number of nitrogens with two attached hydrogens (primary N) is 2. The van der Waals surface area contributed by atoms with E-state index in [1.165, 1.54) is 179 Å². The van der Waals surface area contributed by atoms with Gasteiger partial charge in [-0.3, -0.25) is 0 Å². The molecule has 0 saturated heterocycles. The fourth-order valence-corrected chi connectivity index (χ4v) is 7.92. The summed E-state index contributed by atoms with van der Waals surface area (Å²) in [5, 5.41) is 0. The fraction of sp³-hybridized carbons (Fsp3) is 0.529. The van der Waals surface area contributed by atoms with Gasteiger partial charge in [0.25, 0.3) is 0 Å². The highest BCUT2D eigenvalue weighted by atomic mass is 14.5. The van der Waals surface area contributed by atoms with Crippen LogP contribution in [0.4, 0.5) is 11.4 Å². The van der Waals surface area contributed by atoms with Gasteiger partial charge in [-0.05, 0) is 133 Å². The van der Waals surface area contributed by atoms with Crippen molar-refractivity contribution in [2.75, 3.05) is 11.5 Å². The Kier molecular flexibility index (Phi) is 20.3. The molecule has 0 fully saturated rings. The predicted molar refractivity (Wildman–Crippen MR) is 234 cm³/mol. The lowest BCUT2D eigenvalue weighted by atomic mass is 9.94. The Morgan fingerprint density at radius 3 is 0.962 bits per heavy atom. The molecule has 0 aliphatic heterocycles. The van der Waals surface area contributed by atoms with E-state index in [9.17, 15) is 0 Å². The van der Waals surface area contributed by atoms with Crippen molar-refractivity contribution in [3.8, 4) is 0 Å². The van der Waals surface area contributed by atoms with Crippen molar-refractivity contribution < 1.29 is 0 Å². The highest BCUT2D eigenvalue weighted by Gasteiger charge is 2.08. The van der Waals surface area contributed by atoms with Crippen molar-refractivity contribution in [2.24, 2.45) is 0 Å². The zero-order valence-electron chi connectivity index (χ0n) is 33.9. The van der Waals surface area contributed by atoms with Gasteiger partial charge in [0.15, 0.2) is 0 Å². The summed E-state index contributed by atoms with van der Waals surface area (Å²) in [6.07, 6.45) is 32.0. The maximum Gasteiger partial charge on any atom is 0.0316 e. The van der Waals surface area contributed by atoms with Crippen molar-refractivity contribution >= 4 is 11.4 Å². The number of benzene rings is 4. The molecule has 0 aliphatic rings. The van der Waals surface area contributed by atoms with Crippen molar-refractivity contribution in [1.29, 1.82) is 0 Å². The van der Waals surface area contributed by atoms with Gasteiger partial charge in [0.2, 0.25) is 0 Å². The van der Waals surface area contributed by atoms with Crippen LogP contribution >= 0.6 is 0 Å². The Hall–Kier alpha value is -3.52. The molecule has 2 nitrogen and oxygen atoms in total. The number of hydrogen-bond donors (Lipinski definition) is 2. The van der Waals surface area contributed by atoms with Gasteiger partial charge in [-0.1, -0.05) is 171 Å². The highest BCUT2D eigenvalue weighted by molar-refractivity contribution is 5.47. The van der Waals surface area contributed by atoms with Crippen LogP contribution in [-0.2, 0) is 38.5 Å². The molecule has 0 aliphatic carbocycles. The fourth-order valence-electron chi connectivity index (χ4n) is 7.92. The van der Waals surface area contributed by atoms with Gasteiger partial charge in [-0.15, -0.1) is 0 Å². The summed E-state index contributed by atoms with van der Waals surface area (Å²) in [6.45, 7) is 4.57. The molecule has 0 heterocycles. The molecule has 4 aromatic rings. The quantitative estimate of drug-likeness (QED) is 0.0454. The summed E-state index contributed by atoms with van der Waals surface area (Å²) < 4.78 is 0. The maximum absolute atomic E-state index is 6.18. The molecule has 53 heavy (non-hydrogen) atoms. The maximum atomic E-state index is 6.18. The standard InChI is InChI=1S/C51H74N2/c1-3-5-7-9-16-20-24-46-40-50(52)36-34-48(46)38-44-30-26-42(27-31-44)22-18-14-12-11-13-15-19-23-43-28-32-45(33-29-43)39-49-35-37-51(53)41-47(49)25-21-17-10-8-6-4-2/h26-37,40-41H,3-25,38-39,52-53H2,1-2H3. The van der Waals surface area contributed by atoms with Crippen LogP contribution in [0.25, 0.3) is 0 Å². The average Bonchev–Trinajstić information content (AvgIpc) is 3.17. The Bertz CT molecular complexity index is 1420. The van der Waals surface area contributed by atoms with E-state index in [4.69, 9.17) is 11.5 Å². The molecular formula is C51H74N2. The smallest absolute Gasteiger partial charge is 0.0316 e. The van der Waals surface area contributed by atoms with Gasteiger partial charge in [-0.25, -0.2) is 0 Å². The Balaban J connectivity index is 1.06. The summed E-state index contributed by atoms with van der Waals surface area (Å²) in [6, 6.07) is 31.9. The first kappa shape index (κ1) is 42.2. The molecule has 288 valence electrons. The third-order valence-corrected chi connectivity index (χ3v) is 11.3. The molecule has 0 bridgehead atoms. The van der Waals surface area contributed by atoms with Gasteiger partial charge in [0, 0.05) is 11.4 Å². The second kappa shape index (κ2) is 25.5. The predicted octanol–water partition coefficient (Wildman–Crippen LogP) is 14.4. The summed E-state index contributed by atoms with van der Waals surface area (Å²) in [5.74, 6) is 0. The Morgan fingerprint density at radius 1 is 0.302 bits per heavy atom. The van der Waals surface area contributed by atoms with E-state index < -0.39 is 0 Å². The molecule has 0 saturated carbocycles. The number of rotatable bonds is 28. The van der Waals surface area contributed by atoms with E-state index in [-0.39, 0.29) is 0 Å². The van der Waals surface area contributed by atoms with Crippen LogP contribution in [0.15, 0.2) is 84.9 Å². The van der Waals surface area contributed by atoms with Crippen LogP contribution in [0, 0.1) is 0 Å². The van der Waals surface area contributed by atoms with Gasteiger partial charge in [0.1, 0.15) is 0 Å². The van der Waals surface area contributed by atoms with E-state index in [1.54, 1.807) is 0 Å². The van der Waals surface area contributed by atoms with Crippen LogP contribution in [0.1, 0.15) is 180 Å². The summed E-state index contributed by atoms with van der Waals surface area (Å²) in [4.78, 5) is 0. The van der Waals surface area contributed by atoms with Gasteiger partial charge >= 0.3 is 0 Å². The lowest BCUT2D eigenvalue weighted by molar-refractivity contribution is 0.579. The lowest BCUT2D eigenvalue weighted by Crippen LogP contribution is -1.99. The lowest BCUT2D eigenvalue weighted by Gasteiger charge is -2.12. The molecule has 0 atom stereocenters. The summed E-state index contributed by atoms with van der Waals surface area (Å²) in [7, 11) is 0. The third-order valence-electron chi connectivity index (χ3n) is 11.3. The largest absolute Gasteiger partial charge is 0.399 e. The van der Waals surface area contributed by atoms with Gasteiger partial charge < -0.3 is 11.5 Å². The normalized spacial score (nSPS) is 11.4. The van der Waals surface area contributed by atoms with Crippen molar-refractivity contribution in [3.05, 3.63) is 129 Å². The summed E-state index contributed by atoms with van der Waals surface area (Å²) >= 11 is 0. The van der Waals surface area contributed by atoms with E-state index in [0.29, 0.717) is 0 Å². The molecule has 4 N–H and O–H groups in total. The van der Waals surface area contributed by atoms with Gasteiger partial charge in [0.05, 0.1) is 0 Å². The number of hydrogen-bond acceptors (Lipinski definition) is 2. The molecule has 0 amide bonds. The first-order valence-electron chi connectivity index (χ1n) is 21.9. The molecule has 4 aromatic carbocycles. The van der Waals surface area contributed by atoms with E-state index in [1.807, 2.05) is 0 Å². The topological polar surface area (TPSA) is 52.0 Å². The molecule has 4 rings (SSSR count). The Morgan fingerprint density at radius 2 is 0.604 bits per heavy atom. The van der Waals surface area contributed by atoms with Crippen LogP contribution < -0.4 is 11.5 Å². The number of anilines is 2. The monoisotopic (exact) mass is 715 g/mol. The van der Waals surface area contributed by atoms with Crippen LogP contribution in [0.5, 0.6) is 0 Å². The first-order valence-corrected chi connectivity index (χ1v) is 21.9. The third kappa shape index (κ3) is 17.0. The molecular weight excluding hydrogens is 641 g/mol. The SMILES string of the molecule is CCCCCCCCc1cc(N)ccc1Cc1ccc(CCCCCCCCCc2ccc(Cc3ccc(N)cc3CCCCCCCC)cc2)cc1. The van der Waals surface area contributed by atoms with Crippen molar-refractivity contribution in [2.45, 2.75) is 174 Å². The molecule has 2 heteroatoms. The van der Waals surface area contributed by atoms with E-state index >= 15 is 0 Å². The Labute approximate surface area is 325 Å². The van der Waals surface area contributed by atoms with Crippen LogP contribution in [0.3, 0.4) is 0 Å². The van der Waals surface area contributed by atoms with Gasteiger partial charge in [-0.2, -0.15) is 0 Å². The number of unbranched alkanes of at least 4 members (excludes halogenated alkanes) is 16. The second-order valence-corrected chi connectivity index (χ2v) is 16.1. The molecule has 0 aromatic heterocycles. The highest BCUT2D eigenvalue weighted by Crippen LogP contribution is 2.23. The van der Waals surface area contributed by atoms with Crippen LogP contribution in [-0.4, -0.2) is 0 Å². The molecule has 0 unspecified atom stereocenters. The number of nitrogen functional groups attached to an aromatic ring is 2. The first-order chi connectivity index (χ1) is 26.0. The van der Waals surface area contributed by atoms with E-state index in [2.05, 4.69) is 98.8 Å². The van der Waals surface area contributed by atoms with Crippen molar-refractivity contribution in [3.63, 3.8) is 0 Å². The zero-order valence-corrected chi connectivity index (χ0v) is 33.9. The summed E-state index contributed by atoms with van der Waals surface area (Å²) in [5.41, 5.74) is 25.7.